The lowest BCUT2D eigenvalue weighted by Crippen LogP contribution is -2.37. The summed E-state index contributed by atoms with van der Waals surface area (Å²) in [5.41, 5.74) is 2.70. The zero-order valence-corrected chi connectivity index (χ0v) is 16.0. The van der Waals surface area contributed by atoms with Crippen molar-refractivity contribution in [2.24, 2.45) is 0 Å². The first-order valence-electron chi connectivity index (χ1n) is 9.46. The van der Waals surface area contributed by atoms with Crippen molar-refractivity contribution in [1.82, 2.24) is 5.32 Å². The lowest BCUT2D eigenvalue weighted by Gasteiger charge is -2.39. The number of carbonyl (C=O) groups is 1. The summed E-state index contributed by atoms with van der Waals surface area (Å²) in [7, 11) is -2.31. The number of hydrogen-bond donors (Lipinski definition) is 4. The second-order valence-corrected chi connectivity index (χ2v) is 9.96. The van der Waals surface area contributed by atoms with E-state index in [4.69, 9.17) is 0 Å². The highest BCUT2D eigenvalue weighted by atomic mass is 32.3. The smallest absolute Gasteiger partial charge is 0.255 e. The Balaban J connectivity index is 1.29. The molecule has 1 amide bonds. The van der Waals surface area contributed by atoms with Crippen LogP contribution in [-0.4, -0.2) is 38.6 Å². The van der Waals surface area contributed by atoms with Crippen LogP contribution in [0.25, 0.3) is 0 Å². The number of para-hydroxylation sites is 1. The summed E-state index contributed by atoms with van der Waals surface area (Å²) in [6.07, 6.45) is 2.77. The molecule has 27 heavy (non-hydrogen) atoms. The molecule has 2 atom stereocenters. The minimum Gasteiger partial charge on any atom is -0.322 e. The molecule has 5 nitrogen and oxygen atoms in total. The van der Waals surface area contributed by atoms with Gasteiger partial charge in [0.2, 0.25) is 0 Å². The molecule has 0 spiro atoms. The van der Waals surface area contributed by atoms with Crippen molar-refractivity contribution in [2.45, 2.75) is 37.3 Å². The molecule has 2 aromatic carbocycles. The Morgan fingerprint density at radius 3 is 2.30 bits per heavy atom. The van der Waals surface area contributed by atoms with Crippen LogP contribution < -0.4 is 10.6 Å². The minimum atomic E-state index is -2.31. The largest absolute Gasteiger partial charge is 0.322 e. The third kappa shape index (κ3) is 4.71. The third-order valence-corrected chi connectivity index (χ3v) is 7.24. The van der Waals surface area contributed by atoms with Crippen molar-refractivity contribution >= 4 is 22.2 Å². The van der Waals surface area contributed by atoms with E-state index in [9.17, 15) is 13.9 Å². The molecule has 4 rings (SSSR count). The predicted octanol–water partition coefficient (Wildman–Crippen LogP) is 4.30. The minimum absolute atomic E-state index is 0.0978. The van der Waals surface area contributed by atoms with Crippen LogP contribution in [0.4, 0.5) is 5.69 Å². The Kier molecular flexibility index (Phi) is 5.23. The summed E-state index contributed by atoms with van der Waals surface area (Å²) in [5, 5.41) is 6.56. The van der Waals surface area contributed by atoms with E-state index in [2.05, 4.69) is 10.6 Å². The second-order valence-electron chi connectivity index (χ2n) is 7.54. The zero-order chi connectivity index (χ0) is 18.9. The van der Waals surface area contributed by atoms with Gasteiger partial charge in [-0.2, -0.15) is 10.6 Å². The maximum absolute atomic E-state index is 12.3. The first kappa shape index (κ1) is 18.5. The molecule has 6 heteroatoms. The van der Waals surface area contributed by atoms with Gasteiger partial charge in [-0.3, -0.25) is 13.9 Å². The monoisotopic (exact) mass is 386 g/mol. The van der Waals surface area contributed by atoms with Gasteiger partial charge >= 0.3 is 0 Å². The fraction of sp³-hybridized carbons (Fsp3) is 0.381. The molecule has 0 aromatic heterocycles. The molecule has 4 N–H and O–H groups in total. The number of nitrogens with one attached hydrogen (secondary N) is 2. The zero-order valence-electron chi connectivity index (χ0n) is 15.2. The predicted molar refractivity (Wildman–Crippen MR) is 111 cm³/mol. The van der Waals surface area contributed by atoms with E-state index in [-0.39, 0.29) is 5.91 Å². The number of carbonyl (C=O) groups excluding carboxylic acids is 1. The Morgan fingerprint density at radius 2 is 1.63 bits per heavy atom. The fourth-order valence-electron chi connectivity index (χ4n) is 3.73. The summed E-state index contributed by atoms with van der Waals surface area (Å²) < 4.78 is 19.4. The van der Waals surface area contributed by atoms with E-state index in [1.807, 2.05) is 54.6 Å². The molecule has 1 aliphatic heterocycles. The molecule has 1 heterocycles. The van der Waals surface area contributed by atoms with Gasteiger partial charge in [-0.05, 0) is 49.1 Å². The Bertz CT molecular complexity index is 785. The fourth-order valence-corrected chi connectivity index (χ4v) is 5.26. The van der Waals surface area contributed by atoms with Gasteiger partial charge in [0.1, 0.15) is 0 Å². The summed E-state index contributed by atoms with van der Waals surface area (Å²) in [5.74, 6) is 1.43. The summed E-state index contributed by atoms with van der Waals surface area (Å²) in [4.78, 5) is 12.3. The molecular formula is C21H26N2O3S. The van der Waals surface area contributed by atoms with Crippen LogP contribution >= 0.6 is 10.6 Å². The highest BCUT2D eigenvalue weighted by Gasteiger charge is 2.40. The number of anilines is 1. The first-order valence-corrected chi connectivity index (χ1v) is 11.3. The van der Waals surface area contributed by atoms with E-state index in [1.54, 1.807) is 0 Å². The average Bonchev–Trinajstić information content (AvgIpc) is 3.44. The Morgan fingerprint density at radius 1 is 0.963 bits per heavy atom. The van der Waals surface area contributed by atoms with E-state index in [1.165, 1.54) is 5.56 Å². The molecule has 1 saturated heterocycles. The van der Waals surface area contributed by atoms with Gasteiger partial charge in [0.25, 0.3) is 5.91 Å². The van der Waals surface area contributed by atoms with Crippen molar-refractivity contribution in [3.05, 3.63) is 65.7 Å². The third-order valence-electron chi connectivity index (χ3n) is 5.46. The molecule has 1 saturated carbocycles. The number of hydrogen-bond acceptors (Lipinski definition) is 4. The number of amides is 1. The summed E-state index contributed by atoms with van der Waals surface area (Å²) in [6.45, 7) is 0. The highest BCUT2D eigenvalue weighted by molar-refractivity contribution is 8.24. The van der Waals surface area contributed by atoms with Gasteiger partial charge in [0.05, 0.1) is 0 Å². The summed E-state index contributed by atoms with van der Waals surface area (Å²) >= 11 is 0. The van der Waals surface area contributed by atoms with E-state index >= 15 is 0 Å². The maximum atomic E-state index is 12.3. The van der Waals surface area contributed by atoms with Crippen molar-refractivity contribution in [3.63, 3.8) is 0 Å². The molecule has 2 fully saturated rings. The van der Waals surface area contributed by atoms with Crippen LogP contribution in [0.3, 0.4) is 0 Å². The van der Waals surface area contributed by atoms with Crippen molar-refractivity contribution in [1.29, 1.82) is 0 Å². The van der Waals surface area contributed by atoms with Gasteiger partial charge in [-0.15, -0.1) is 0 Å². The maximum Gasteiger partial charge on any atom is 0.255 e. The lowest BCUT2D eigenvalue weighted by molar-refractivity contribution is 0.102. The quantitative estimate of drug-likeness (QED) is 0.618. The summed E-state index contributed by atoms with van der Waals surface area (Å²) in [6, 6.07) is 18.2. The van der Waals surface area contributed by atoms with E-state index < -0.39 is 10.6 Å². The van der Waals surface area contributed by atoms with Crippen molar-refractivity contribution in [3.8, 4) is 0 Å². The van der Waals surface area contributed by atoms with E-state index in [0.717, 1.165) is 24.9 Å². The van der Waals surface area contributed by atoms with Crippen LogP contribution in [0, 0.1) is 0 Å². The van der Waals surface area contributed by atoms with Crippen LogP contribution in [-0.2, 0) is 0 Å². The first-order chi connectivity index (χ1) is 13.0. The van der Waals surface area contributed by atoms with Gasteiger partial charge < -0.3 is 10.6 Å². The molecule has 2 aromatic rings. The van der Waals surface area contributed by atoms with Crippen LogP contribution in [0.5, 0.6) is 0 Å². The molecule has 2 aliphatic rings. The standard InChI is InChI=1S/C21H26N2O3S/c24-21(23-17-4-2-1-3-5-17)16-8-6-15(7-9-16)19-14-20(19)22-18-10-12-27(25,26)13-11-18/h1-9,18-20,22,25-26H,10-14H2,(H,23,24). The van der Waals surface area contributed by atoms with Gasteiger partial charge in [-0.25, -0.2) is 0 Å². The molecule has 0 bridgehead atoms. The molecular weight excluding hydrogens is 360 g/mol. The highest BCUT2D eigenvalue weighted by Crippen LogP contribution is 2.46. The second kappa shape index (κ2) is 7.64. The van der Waals surface area contributed by atoms with Crippen LogP contribution in [0.1, 0.15) is 41.1 Å². The average molecular weight is 387 g/mol. The van der Waals surface area contributed by atoms with Crippen LogP contribution in [0.15, 0.2) is 54.6 Å². The molecule has 144 valence electrons. The van der Waals surface area contributed by atoms with Crippen molar-refractivity contribution in [2.75, 3.05) is 16.8 Å². The van der Waals surface area contributed by atoms with Gasteiger partial charge in [0.15, 0.2) is 0 Å². The van der Waals surface area contributed by atoms with Crippen LogP contribution in [0.2, 0.25) is 0 Å². The van der Waals surface area contributed by atoms with E-state index in [0.29, 0.717) is 35.1 Å². The molecule has 0 radical (unpaired) electrons. The molecule has 2 unspecified atom stereocenters. The van der Waals surface area contributed by atoms with Gasteiger partial charge in [-0.1, -0.05) is 30.3 Å². The topological polar surface area (TPSA) is 81.6 Å². The molecule has 1 aliphatic carbocycles. The Hall–Kier alpha value is -1.86. The number of rotatable bonds is 5. The lowest BCUT2D eigenvalue weighted by atomic mass is 10.1. The SMILES string of the molecule is O=C(Nc1ccccc1)c1ccc(C2CC2NC2CCS(O)(O)CC2)cc1. The van der Waals surface area contributed by atoms with Gasteiger partial charge in [0, 0.05) is 40.8 Å². The number of benzene rings is 2. The van der Waals surface area contributed by atoms with Crippen molar-refractivity contribution < 1.29 is 13.9 Å². The normalized spacial score (nSPS) is 25.6. The Labute approximate surface area is 161 Å².